The van der Waals surface area contributed by atoms with Crippen LogP contribution in [-0.4, -0.2) is 75.5 Å². The minimum Gasteiger partial charge on any atom is -0.391 e. The van der Waals surface area contributed by atoms with E-state index in [1.807, 2.05) is 48.5 Å². The van der Waals surface area contributed by atoms with E-state index in [1.54, 1.807) is 12.4 Å². The molecule has 0 aliphatic rings. The van der Waals surface area contributed by atoms with Crippen molar-refractivity contribution in [2.45, 2.75) is 68.9 Å². The van der Waals surface area contributed by atoms with Gasteiger partial charge in [-0.15, -0.1) is 0 Å². The van der Waals surface area contributed by atoms with Gasteiger partial charge in [0.1, 0.15) is 17.7 Å². The maximum Gasteiger partial charge on any atom is 0.243 e. The van der Waals surface area contributed by atoms with Gasteiger partial charge in [0.05, 0.1) is 12.1 Å². The Morgan fingerprint density at radius 1 is 0.911 bits per heavy atom. The summed E-state index contributed by atoms with van der Waals surface area (Å²) in [7, 11) is 0. The lowest BCUT2D eigenvalue weighted by atomic mass is 9.97. The minimum absolute atomic E-state index is 0.0767. The highest BCUT2D eigenvalue weighted by atomic mass is 16.3. The van der Waals surface area contributed by atoms with Crippen molar-refractivity contribution in [2.24, 2.45) is 17.2 Å². The third kappa shape index (κ3) is 8.34. The number of nitrogens with two attached hydrogens (primary N) is 3. The Morgan fingerprint density at radius 3 is 2.07 bits per heavy atom. The van der Waals surface area contributed by atoms with Crippen molar-refractivity contribution in [2.75, 3.05) is 6.54 Å². The second-order valence-electron chi connectivity index (χ2n) is 11.4. The summed E-state index contributed by atoms with van der Waals surface area (Å²) >= 11 is 0. The molecule has 3 amide bonds. The Labute approximate surface area is 260 Å². The molecule has 0 saturated heterocycles. The summed E-state index contributed by atoms with van der Waals surface area (Å²) in [5.41, 5.74) is 19.3. The highest BCUT2D eigenvalue weighted by Gasteiger charge is 2.35. The van der Waals surface area contributed by atoms with Gasteiger partial charge in [-0.25, -0.2) is 0 Å². The molecule has 0 saturated carbocycles. The van der Waals surface area contributed by atoms with Gasteiger partial charge >= 0.3 is 0 Å². The highest BCUT2D eigenvalue weighted by molar-refractivity contribution is 5.93. The van der Waals surface area contributed by atoms with E-state index >= 15 is 0 Å². The van der Waals surface area contributed by atoms with Gasteiger partial charge in [0, 0.05) is 40.6 Å². The van der Waals surface area contributed by atoms with Crippen LogP contribution in [0.15, 0.2) is 60.9 Å². The molecular formula is C32H42N8O5. The molecule has 240 valence electrons. The molecule has 2 aromatic heterocycles. The van der Waals surface area contributed by atoms with Crippen molar-refractivity contribution >= 4 is 45.8 Å². The number of aromatic amines is 2. The smallest absolute Gasteiger partial charge is 0.243 e. The van der Waals surface area contributed by atoms with Crippen LogP contribution in [0.5, 0.6) is 0 Å². The Kier molecular flexibility index (Phi) is 11.1. The minimum atomic E-state index is -1.65. The first-order chi connectivity index (χ1) is 21.5. The highest BCUT2D eigenvalue weighted by Crippen LogP contribution is 2.23. The third-order valence-electron chi connectivity index (χ3n) is 7.89. The van der Waals surface area contributed by atoms with E-state index in [9.17, 15) is 24.3 Å². The molecule has 2 aromatic carbocycles. The van der Waals surface area contributed by atoms with Crippen LogP contribution in [0, 0.1) is 0 Å². The van der Waals surface area contributed by atoms with E-state index in [4.69, 9.17) is 17.2 Å². The summed E-state index contributed by atoms with van der Waals surface area (Å²) in [4.78, 5) is 58.1. The third-order valence-corrected chi connectivity index (χ3v) is 7.89. The SMILES string of the molecule is C[C@H](O)C(NC(=O)[C@H](CCCCN)NC(=O)C(Cc1c[nH]c2ccccc12)NC(N)(C=O)Cc1c[nH]c2ccccc12)C(N)=O. The van der Waals surface area contributed by atoms with Crippen LogP contribution in [0.3, 0.4) is 0 Å². The Morgan fingerprint density at radius 2 is 1.49 bits per heavy atom. The average molecular weight is 619 g/mol. The number of amides is 3. The van der Waals surface area contributed by atoms with Crippen LogP contribution >= 0.6 is 0 Å². The number of aliphatic hydroxyl groups excluding tert-OH is 1. The fourth-order valence-corrected chi connectivity index (χ4v) is 5.49. The number of aldehydes is 1. The topological polar surface area (TPSA) is 234 Å². The average Bonchev–Trinajstić information content (AvgIpc) is 3.62. The van der Waals surface area contributed by atoms with Crippen LogP contribution < -0.4 is 33.2 Å². The van der Waals surface area contributed by atoms with Crippen molar-refractivity contribution in [3.05, 3.63) is 72.1 Å². The van der Waals surface area contributed by atoms with E-state index in [0.29, 0.717) is 25.7 Å². The molecule has 0 aliphatic carbocycles. The summed E-state index contributed by atoms with van der Waals surface area (Å²) in [5.74, 6) is -2.19. The molecule has 2 heterocycles. The molecule has 0 spiro atoms. The first-order valence-electron chi connectivity index (χ1n) is 15.0. The van der Waals surface area contributed by atoms with E-state index < -0.39 is 47.6 Å². The number of aliphatic hydroxyl groups is 1. The number of carbonyl (C=O) groups excluding carboxylic acids is 4. The molecule has 45 heavy (non-hydrogen) atoms. The number of primary amides is 1. The first kappa shape index (κ1) is 33.3. The fraction of sp³-hybridized carbons (Fsp3) is 0.375. The molecule has 13 heteroatoms. The maximum atomic E-state index is 14.0. The van der Waals surface area contributed by atoms with Gasteiger partial charge in [-0.2, -0.15) is 0 Å². The monoisotopic (exact) mass is 618 g/mol. The summed E-state index contributed by atoms with van der Waals surface area (Å²) < 4.78 is 0. The van der Waals surface area contributed by atoms with Crippen LogP contribution in [-0.2, 0) is 32.0 Å². The van der Waals surface area contributed by atoms with Crippen molar-refractivity contribution in [3.8, 4) is 0 Å². The number of benzene rings is 2. The van der Waals surface area contributed by atoms with Crippen LogP contribution in [0.2, 0.25) is 0 Å². The summed E-state index contributed by atoms with van der Waals surface area (Å²) in [6.45, 7) is 1.71. The van der Waals surface area contributed by atoms with Gasteiger partial charge in [0.15, 0.2) is 6.29 Å². The van der Waals surface area contributed by atoms with Gasteiger partial charge < -0.3 is 42.9 Å². The number of aromatic nitrogens is 2. The molecule has 0 radical (unpaired) electrons. The number of hydrogen-bond donors (Lipinski definition) is 9. The lowest BCUT2D eigenvalue weighted by Gasteiger charge is -2.31. The lowest BCUT2D eigenvalue weighted by molar-refractivity contribution is -0.133. The molecule has 4 aromatic rings. The molecule has 3 unspecified atom stereocenters. The predicted octanol–water partition coefficient (Wildman–Crippen LogP) is 0.211. The van der Waals surface area contributed by atoms with E-state index in [0.717, 1.165) is 32.9 Å². The first-order valence-corrected chi connectivity index (χ1v) is 15.0. The second-order valence-corrected chi connectivity index (χ2v) is 11.4. The molecule has 0 bridgehead atoms. The lowest BCUT2D eigenvalue weighted by Crippen LogP contribution is -2.65. The van der Waals surface area contributed by atoms with Crippen molar-refractivity contribution in [3.63, 3.8) is 0 Å². The molecule has 0 aliphatic heterocycles. The number of nitrogens with one attached hydrogen (secondary N) is 5. The van der Waals surface area contributed by atoms with Gasteiger partial charge in [0.25, 0.3) is 0 Å². The van der Waals surface area contributed by atoms with Crippen LogP contribution in [0.1, 0.15) is 37.3 Å². The molecule has 0 fully saturated rings. The zero-order chi connectivity index (χ0) is 32.6. The Hall–Kier alpha value is -4.56. The summed E-state index contributed by atoms with van der Waals surface area (Å²) in [6, 6.07) is 11.7. The number of hydrogen-bond acceptors (Lipinski definition) is 8. The number of unbranched alkanes of at least 4 members (excludes halogenated alkanes) is 1. The Bertz CT molecular complexity index is 1630. The zero-order valence-corrected chi connectivity index (χ0v) is 25.2. The van der Waals surface area contributed by atoms with Crippen molar-refractivity contribution in [1.82, 2.24) is 25.9 Å². The van der Waals surface area contributed by atoms with Gasteiger partial charge in [-0.3, -0.25) is 24.5 Å². The molecular weight excluding hydrogens is 576 g/mol. The maximum absolute atomic E-state index is 14.0. The fourth-order valence-electron chi connectivity index (χ4n) is 5.49. The van der Waals surface area contributed by atoms with Gasteiger partial charge in [-0.1, -0.05) is 36.4 Å². The largest absolute Gasteiger partial charge is 0.391 e. The standard InChI is InChI=1S/C32H42N8O5/c1-19(42)28(29(34)43)39-30(44)26(12-6-7-13-33)38-31(45)27(14-20-16-36-24-10-4-2-8-22(20)24)40-32(35,18-41)15-21-17-37-25-11-5-3-9-23(21)25/h2-5,8-11,16-19,26-28,36-37,40,42H,6-7,12-15,33,35H2,1H3,(H2,34,43)(H,38,45)(H,39,44)/t19-,26-,27?,28?,32?/m0/s1. The van der Waals surface area contributed by atoms with Crippen LogP contribution in [0.25, 0.3) is 21.8 Å². The van der Waals surface area contributed by atoms with Crippen LogP contribution in [0.4, 0.5) is 0 Å². The van der Waals surface area contributed by atoms with Crippen molar-refractivity contribution < 1.29 is 24.3 Å². The molecule has 12 N–H and O–H groups in total. The quantitative estimate of drug-likeness (QED) is 0.0450. The summed E-state index contributed by atoms with van der Waals surface area (Å²) in [5, 5.41) is 20.1. The van der Waals surface area contributed by atoms with E-state index in [1.165, 1.54) is 6.92 Å². The normalized spacial score (nSPS) is 15.6. The number of H-pyrrole nitrogens is 2. The van der Waals surface area contributed by atoms with Gasteiger partial charge in [0.2, 0.25) is 17.7 Å². The number of rotatable bonds is 17. The second kappa shape index (κ2) is 14.9. The predicted molar refractivity (Wildman–Crippen MR) is 172 cm³/mol. The van der Waals surface area contributed by atoms with E-state index in [-0.39, 0.29) is 19.3 Å². The number of fused-ring (bicyclic) bond motifs is 2. The molecule has 5 atom stereocenters. The molecule has 4 rings (SSSR count). The molecule has 13 nitrogen and oxygen atoms in total. The van der Waals surface area contributed by atoms with Crippen molar-refractivity contribution in [1.29, 1.82) is 0 Å². The zero-order valence-electron chi connectivity index (χ0n) is 25.2. The number of carbonyl (C=O) groups is 4. The summed E-state index contributed by atoms with van der Waals surface area (Å²) in [6.07, 6.45) is 4.40. The Balaban J connectivity index is 1.63. The van der Waals surface area contributed by atoms with E-state index in [2.05, 4.69) is 25.9 Å². The number of para-hydroxylation sites is 2. The van der Waals surface area contributed by atoms with Gasteiger partial charge in [-0.05, 0) is 62.4 Å².